The van der Waals surface area contributed by atoms with Crippen molar-refractivity contribution in [2.75, 3.05) is 11.9 Å². The lowest BCUT2D eigenvalue weighted by Crippen LogP contribution is -2.07. The maximum Gasteiger partial charge on any atom is 0.171 e. The van der Waals surface area contributed by atoms with Crippen LogP contribution in [0.1, 0.15) is 25.1 Å². The number of rotatable bonds is 4. The normalized spacial score (nSPS) is 10.8. The summed E-state index contributed by atoms with van der Waals surface area (Å²) in [6.07, 6.45) is 0.937. The molecule has 0 aliphatic carbocycles. The van der Waals surface area contributed by atoms with Crippen LogP contribution in [0.4, 0.5) is 5.82 Å². The number of anilines is 1. The van der Waals surface area contributed by atoms with Crippen LogP contribution in [-0.2, 0) is 6.42 Å². The zero-order chi connectivity index (χ0) is 14.0. The van der Waals surface area contributed by atoms with Crippen molar-refractivity contribution < 1.29 is 0 Å². The van der Waals surface area contributed by atoms with E-state index in [0.717, 1.165) is 43.4 Å². The molecule has 3 nitrogen and oxygen atoms in total. The van der Waals surface area contributed by atoms with Crippen LogP contribution in [0.2, 0.25) is 0 Å². The second kappa shape index (κ2) is 6.33. The number of hydrogen-bond acceptors (Lipinski definition) is 4. The second-order valence-electron chi connectivity index (χ2n) is 4.08. The molecule has 19 heavy (non-hydrogen) atoms. The fourth-order valence-electron chi connectivity index (χ4n) is 1.90. The van der Waals surface area contributed by atoms with E-state index in [-0.39, 0.29) is 0 Å². The maximum absolute atomic E-state index is 4.67. The fraction of sp³-hybridized carbons (Fsp3) is 0.385. The molecular weight excluding hydrogens is 390 g/mol. The zero-order valence-electron chi connectivity index (χ0n) is 11.1. The van der Waals surface area contributed by atoms with Crippen molar-refractivity contribution in [3.8, 4) is 10.7 Å². The topological polar surface area (TPSA) is 37.8 Å². The Hall–Kier alpha value is -0.460. The average Bonchev–Trinajstić information content (AvgIpc) is 2.70. The minimum Gasteiger partial charge on any atom is -0.370 e. The van der Waals surface area contributed by atoms with E-state index in [1.807, 2.05) is 13.0 Å². The Kier molecular flexibility index (Phi) is 4.97. The Morgan fingerprint density at radius 2 is 2.00 bits per heavy atom. The van der Waals surface area contributed by atoms with Crippen LogP contribution >= 0.6 is 43.2 Å². The van der Waals surface area contributed by atoms with Gasteiger partial charge < -0.3 is 5.32 Å². The molecule has 2 aromatic rings. The zero-order valence-corrected chi connectivity index (χ0v) is 15.0. The summed E-state index contributed by atoms with van der Waals surface area (Å²) < 4.78 is 2.10. The molecule has 0 atom stereocenters. The Morgan fingerprint density at radius 1 is 1.26 bits per heavy atom. The monoisotopic (exact) mass is 403 g/mol. The van der Waals surface area contributed by atoms with E-state index < -0.39 is 0 Å². The lowest BCUT2D eigenvalue weighted by atomic mass is 10.1. The molecule has 0 saturated heterocycles. The highest BCUT2D eigenvalue weighted by atomic mass is 79.9. The number of nitrogens with zero attached hydrogens (tertiary/aromatic N) is 2. The Bertz CT molecular complexity index is 576. The van der Waals surface area contributed by atoms with E-state index in [0.29, 0.717) is 0 Å². The predicted octanol–water partition coefficient (Wildman–Crippen LogP) is 5.03. The summed E-state index contributed by atoms with van der Waals surface area (Å²) in [7, 11) is 0. The van der Waals surface area contributed by atoms with Crippen molar-refractivity contribution in [2.45, 2.75) is 27.2 Å². The van der Waals surface area contributed by atoms with Gasteiger partial charge in [0.2, 0.25) is 0 Å². The van der Waals surface area contributed by atoms with Crippen molar-refractivity contribution in [3.05, 3.63) is 25.6 Å². The van der Waals surface area contributed by atoms with Crippen molar-refractivity contribution in [1.29, 1.82) is 0 Å². The van der Waals surface area contributed by atoms with Crippen molar-refractivity contribution >= 4 is 49.0 Å². The molecule has 0 aliphatic heterocycles. The second-order valence-corrected chi connectivity index (χ2v) is 7.30. The maximum atomic E-state index is 4.67. The number of nitrogens with one attached hydrogen (secondary N) is 1. The summed E-state index contributed by atoms with van der Waals surface area (Å²) in [5, 5.41) is 3.33. The van der Waals surface area contributed by atoms with Gasteiger partial charge in [-0.1, -0.05) is 6.92 Å². The van der Waals surface area contributed by atoms with E-state index in [4.69, 9.17) is 0 Å². The fourth-order valence-corrected chi connectivity index (χ4v) is 3.87. The van der Waals surface area contributed by atoms with Gasteiger partial charge in [-0.25, -0.2) is 9.97 Å². The van der Waals surface area contributed by atoms with E-state index in [2.05, 4.69) is 61.0 Å². The number of hydrogen-bond donors (Lipinski definition) is 1. The van der Waals surface area contributed by atoms with E-state index in [1.54, 1.807) is 11.3 Å². The lowest BCUT2D eigenvalue weighted by molar-refractivity contribution is 0.991. The smallest absolute Gasteiger partial charge is 0.171 e. The van der Waals surface area contributed by atoms with Crippen molar-refractivity contribution in [2.24, 2.45) is 0 Å². The van der Waals surface area contributed by atoms with Crippen LogP contribution in [0.15, 0.2) is 14.3 Å². The van der Waals surface area contributed by atoms with Crippen LogP contribution < -0.4 is 5.32 Å². The Morgan fingerprint density at radius 3 is 2.53 bits per heavy atom. The molecule has 0 spiro atoms. The summed E-state index contributed by atoms with van der Waals surface area (Å²) in [4.78, 5) is 10.4. The molecule has 0 amide bonds. The summed E-state index contributed by atoms with van der Waals surface area (Å²) in [5.74, 6) is 1.73. The highest BCUT2D eigenvalue weighted by Gasteiger charge is 2.14. The van der Waals surface area contributed by atoms with Crippen LogP contribution in [0.3, 0.4) is 0 Å². The van der Waals surface area contributed by atoms with Crippen LogP contribution in [0.5, 0.6) is 0 Å². The first-order valence-electron chi connectivity index (χ1n) is 6.13. The minimum atomic E-state index is 0.780. The Labute approximate surface area is 134 Å². The molecule has 0 radical (unpaired) electrons. The predicted molar refractivity (Wildman–Crippen MR) is 89.0 cm³/mol. The largest absolute Gasteiger partial charge is 0.370 e. The summed E-state index contributed by atoms with van der Waals surface area (Å²) >= 11 is 8.64. The van der Waals surface area contributed by atoms with Crippen LogP contribution in [0.25, 0.3) is 10.7 Å². The van der Waals surface area contributed by atoms with Gasteiger partial charge in [0.25, 0.3) is 0 Å². The third-order valence-corrected chi connectivity index (χ3v) is 6.03. The van der Waals surface area contributed by atoms with E-state index in [9.17, 15) is 0 Å². The molecule has 0 aliphatic rings. The first kappa shape index (κ1) is 14.9. The van der Waals surface area contributed by atoms with Gasteiger partial charge in [0, 0.05) is 22.3 Å². The van der Waals surface area contributed by atoms with Gasteiger partial charge in [-0.15, -0.1) is 11.3 Å². The molecule has 0 unspecified atom stereocenters. The lowest BCUT2D eigenvalue weighted by Gasteiger charge is -2.12. The first-order chi connectivity index (χ1) is 9.06. The molecule has 0 fully saturated rings. The summed E-state index contributed by atoms with van der Waals surface area (Å²) in [5.41, 5.74) is 2.24. The molecule has 2 rings (SSSR count). The summed E-state index contributed by atoms with van der Waals surface area (Å²) in [6.45, 7) is 7.11. The molecular formula is C13H15Br2N3S. The molecule has 6 heteroatoms. The Balaban J connectivity index is 2.52. The van der Waals surface area contributed by atoms with Gasteiger partial charge in [0.05, 0.1) is 8.66 Å². The van der Waals surface area contributed by atoms with E-state index in [1.165, 1.54) is 5.56 Å². The van der Waals surface area contributed by atoms with Gasteiger partial charge in [-0.3, -0.25) is 0 Å². The van der Waals surface area contributed by atoms with Gasteiger partial charge in [-0.2, -0.15) is 0 Å². The third-order valence-electron chi connectivity index (χ3n) is 2.78. The molecule has 0 aromatic carbocycles. The molecule has 1 N–H and O–H groups in total. The SMILES string of the molecule is CCNc1nc(-c2cc(Br)c(Br)s2)nc(C)c1CC. The van der Waals surface area contributed by atoms with Crippen molar-refractivity contribution in [3.63, 3.8) is 0 Å². The number of aromatic nitrogens is 2. The quantitative estimate of drug-likeness (QED) is 0.776. The van der Waals surface area contributed by atoms with Gasteiger partial charge >= 0.3 is 0 Å². The van der Waals surface area contributed by atoms with E-state index >= 15 is 0 Å². The first-order valence-corrected chi connectivity index (χ1v) is 8.53. The summed E-state index contributed by atoms with van der Waals surface area (Å²) in [6, 6.07) is 2.05. The number of halogens is 2. The van der Waals surface area contributed by atoms with Gasteiger partial charge in [-0.05, 0) is 58.2 Å². The number of thiophene rings is 1. The molecule has 102 valence electrons. The third kappa shape index (κ3) is 3.17. The molecule has 2 aromatic heterocycles. The van der Waals surface area contributed by atoms with Gasteiger partial charge in [0.1, 0.15) is 5.82 Å². The highest BCUT2D eigenvalue weighted by molar-refractivity contribution is 9.13. The van der Waals surface area contributed by atoms with Crippen LogP contribution in [-0.4, -0.2) is 16.5 Å². The minimum absolute atomic E-state index is 0.780. The van der Waals surface area contributed by atoms with Gasteiger partial charge in [0.15, 0.2) is 5.82 Å². The molecule has 0 bridgehead atoms. The van der Waals surface area contributed by atoms with Crippen molar-refractivity contribution in [1.82, 2.24) is 9.97 Å². The van der Waals surface area contributed by atoms with Crippen LogP contribution in [0, 0.1) is 6.92 Å². The molecule has 2 heterocycles. The molecule has 0 saturated carbocycles. The average molecular weight is 405 g/mol. The highest BCUT2D eigenvalue weighted by Crippen LogP contribution is 2.37. The standard InChI is InChI=1S/C13H15Br2N3S/c1-4-8-7(3)17-13(18-12(8)16-5-2)10-6-9(14)11(15)19-10/h6H,4-5H2,1-3H3,(H,16,17,18). The number of aryl methyl sites for hydroxylation is 1.